The van der Waals surface area contributed by atoms with Crippen molar-refractivity contribution in [1.29, 1.82) is 0 Å². The third kappa shape index (κ3) is 2.86. The van der Waals surface area contributed by atoms with Crippen molar-refractivity contribution in [2.75, 3.05) is 0 Å². The number of ether oxygens (including phenoxy) is 1. The van der Waals surface area contributed by atoms with Crippen molar-refractivity contribution in [2.45, 2.75) is 45.1 Å². The summed E-state index contributed by atoms with van der Waals surface area (Å²) in [5.74, 6) is 1.23. The van der Waals surface area contributed by atoms with E-state index < -0.39 is 0 Å². The molecule has 1 aliphatic carbocycles. The van der Waals surface area contributed by atoms with Gasteiger partial charge in [0.2, 0.25) is 0 Å². The van der Waals surface area contributed by atoms with Crippen molar-refractivity contribution < 1.29 is 9.53 Å². The van der Waals surface area contributed by atoms with E-state index in [1.807, 2.05) is 6.92 Å². The second kappa shape index (κ2) is 6.25. The molecule has 0 amide bonds. The number of nitrogens with zero attached hydrogens (tertiary/aromatic N) is 4. The molecule has 6 heteroatoms. The highest BCUT2D eigenvalue weighted by Crippen LogP contribution is 2.26. The Morgan fingerprint density at radius 1 is 1.27 bits per heavy atom. The van der Waals surface area contributed by atoms with Crippen LogP contribution in [0.2, 0.25) is 0 Å². The van der Waals surface area contributed by atoms with Crippen LogP contribution in [0.1, 0.15) is 48.3 Å². The number of carbonyl (C=O) groups is 1. The number of rotatable bonds is 4. The van der Waals surface area contributed by atoms with Crippen molar-refractivity contribution in [3.8, 4) is 17.1 Å². The Labute approximate surface area is 129 Å². The maximum atomic E-state index is 11.2. The Hall–Kier alpha value is -2.24. The highest BCUT2D eigenvalue weighted by molar-refractivity contribution is 5.83. The zero-order valence-electron chi connectivity index (χ0n) is 13.0. The lowest BCUT2D eigenvalue weighted by atomic mass is 9.98. The van der Waals surface area contributed by atoms with Crippen molar-refractivity contribution in [1.82, 2.24) is 19.7 Å². The largest absolute Gasteiger partial charge is 0.487 e. The van der Waals surface area contributed by atoms with Gasteiger partial charge in [-0.3, -0.25) is 9.48 Å². The summed E-state index contributed by atoms with van der Waals surface area (Å²) >= 11 is 0. The van der Waals surface area contributed by atoms with Crippen LogP contribution in [0.15, 0.2) is 12.4 Å². The van der Waals surface area contributed by atoms with E-state index in [4.69, 9.17) is 4.74 Å². The Bertz CT molecular complexity index is 675. The first kappa shape index (κ1) is 14.7. The average molecular weight is 300 g/mol. The number of aromatic nitrogens is 4. The predicted molar refractivity (Wildman–Crippen MR) is 81.9 cm³/mol. The van der Waals surface area contributed by atoms with E-state index in [1.54, 1.807) is 19.4 Å². The lowest BCUT2D eigenvalue weighted by Crippen LogP contribution is -2.20. The van der Waals surface area contributed by atoms with Crippen LogP contribution in [0.4, 0.5) is 0 Å². The van der Waals surface area contributed by atoms with Crippen LogP contribution in [0.5, 0.6) is 5.75 Å². The summed E-state index contributed by atoms with van der Waals surface area (Å²) in [6.07, 6.45) is 10.3. The molecule has 0 spiro atoms. The first-order valence-corrected chi connectivity index (χ1v) is 7.67. The fourth-order valence-corrected chi connectivity index (χ4v) is 2.82. The molecule has 0 unspecified atom stereocenters. The van der Waals surface area contributed by atoms with Crippen molar-refractivity contribution in [3.63, 3.8) is 0 Å². The minimum absolute atomic E-state index is 0.269. The summed E-state index contributed by atoms with van der Waals surface area (Å²) in [6.45, 7) is 1.90. The van der Waals surface area contributed by atoms with Gasteiger partial charge in [0.1, 0.15) is 5.69 Å². The van der Waals surface area contributed by atoms with Crippen LogP contribution in [0.3, 0.4) is 0 Å². The van der Waals surface area contributed by atoms with Gasteiger partial charge in [-0.25, -0.2) is 9.97 Å². The predicted octanol–water partition coefficient (Wildman–Crippen LogP) is 2.71. The number of hydrogen-bond donors (Lipinski definition) is 0. The van der Waals surface area contributed by atoms with Gasteiger partial charge in [-0.2, -0.15) is 5.10 Å². The van der Waals surface area contributed by atoms with Gasteiger partial charge in [0.05, 0.1) is 29.8 Å². The normalized spacial score (nSPS) is 15.7. The number of aldehydes is 1. The molecule has 1 fully saturated rings. The molecule has 3 rings (SSSR count). The Morgan fingerprint density at radius 2 is 2.05 bits per heavy atom. The van der Waals surface area contributed by atoms with Gasteiger partial charge < -0.3 is 4.74 Å². The lowest BCUT2D eigenvalue weighted by Gasteiger charge is -2.23. The summed E-state index contributed by atoms with van der Waals surface area (Å²) < 4.78 is 7.54. The van der Waals surface area contributed by atoms with Crippen LogP contribution < -0.4 is 4.74 Å². The molecule has 22 heavy (non-hydrogen) atoms. The fourth-order valence-electron chi connectivity index (χ4n) is 2.82. The quantitative estimate of drug-likeness (QED) is 0.812. The fraction of sp³-hybridized carbons (Fsp3) is 0.500. The highest BCUT2D eigenvalue weighted by Gasteiger charge is 2.18. The zero-order chi connectivity index (χ0) is 15.5. The standard InChI is InChI=1S/C16H20N4O2/c1-11-15(22-12-6-4-3-5-7-12)9-17-16(19-11)13-8-18-20(2)14(13)10-21/h8-10,12H,3-7H2,1-2H3. The van der Waals surface area contributed by atoms with Gasteiger partial charge in [-0.05, 0) is 32.6 Å². The molecule has 0 bridgehead atoms. The zero-order valence-corrected chi connectivity index (χ0v) is 13.0. The first-order valence-electron chi connectivity index (χ1n) is 7.67. The molecule has 0 saturated heterocycles. The Kier molecular flexibility index (Phi) is 4.18. The van der Waals surface area contributed by atoms with E-state index in [0.29, 0.717) is 17.1 Å². The second-order valence-electron chi connectivity index (χ2n) is 5.71. The molecule has 0 N–H and O–H groups in total. The minimum Gasteiger partial charge on any atom is -0.487 e. The molecule has 2 aromatic heterocycles. The van der Waals surface area contributed by atoms with Crippen molar-refractivity contribution >= 4 is 6.29 Å². The molecule has 1 aliphatic rings. The van der Waals surface area contributed by atoms with E-state index in [2.05, 4.69) is 15.1 Å². The van der Waals surface area contributed by atoms with E-state index in [1.165, 1.54) is 23.9 Å². The van der Waals surface area contributed by atoms with Crippen LogP contribution in [-0.4, -0.2) is 32.1 Å². The van der Waals surface area contributed by atoms with Crippen LogP contribution in [0, 0.1) is 6.92 Å². The Morgan fingerprint density at radius 3 is 2.73 bits per heavy atom. The Balaban J connectivity index is 1.83. The van der Waals surface area contributed by atoms with E-state index in [-0.39, 0.29) is 6.10 Å². The maximum absolute atomic E-state index is 11.2. The molecule has 0 aliphatic heterocycles. The molecule has 2 aromatic rings. The highest BCUT2D eigenvalue weighted by atomic mass is 16.5. The first-order chi connectivity index (χ1) is 10.7. The lowest BCUT2D eigenvalue weighted by molar-refractivity contribution is 0.111. The molecule has 0 radical (unpaired) electrons. The molecular weight excluding hydrogens is 280 g/mol. The average Bonchev–Trinajstić information content (AvgIpc) is 2.91. The topological polar surface area (TPSA) is 69.9 Å². The van der Waals surface area contributed by atoms with Gasteiger partial charge in [0.25, 0.3) is 0 Å². The summed E-state index contributed by atoms with van der Waals surface area (Å²) in [7, 11) is 1.72. The van der Waals surface area contributed by atoms with Crippen molar-refractivity contribution in [3.05, 3.63) is 23.8 Å². The molecule has 0 atom stereocenters. The second-order valence-corrected chi connectivity index (χ2v) is 5.71. The van der Waals surface area contributed by atoms with E-state index in [9.17, 15) is 4.79 Å². The van der Waals surface area contributed by atoms with Crippen LogP contribution in [0.25, 0.3) is 11.4 Å². The summed E-state index contributed by atoms with van der Waals surface area (Å²) in [5.41, 5.74) is 1.90. The maximum Gasteiger partial charge on any atom is 0.168 e. The SMILES string of the molecule is Cc1nc(-c2cnn(C)c2C=O)ncc1OC1CCCCC1. The van der Waals surface area contributed by atoms with E-state index >= 15 is 0 Å². The number of hydrogen-bond acceptors (Lipinski definition) is 5. The van der Waals surface area contributed by atoms with Crippen LogP contribution >= 0.6 is 0 Å². The molecule has 6 nitrogen and oxygen atoms in total. The van der Waals surface area contributed by atoms with Gasteiger partial charge in [0.15, 0.2) is 17.9 Å². The summed E-state index contributed by atoms with van der Waals surface area (Å²) in [6, 6.07) is 0. The van der Waals surface area contributed by atoms with Gasteiger partial charge >= 0.3 is 0 Å². The summed E-state index contributed by atoms with van der Waals surface area (Å²) in [5, 5.41) is 4.08. The molecule has 2 heterocycles. The van der Waals surface area contributed by atoms with Gasteiger partial charge in [0, 0.05) is 7.05 Å². The van der Waals surface area contributed by atoms with Gasteiger partial charge in [-0.15, -0.1) is 0 Å². The van der Waals surface area contributed by atoms with E-state index in [0.717, 1.165) is 30.6 Å². The third-order valence-electron chi connectivity index (χ3n) is 4.12. The third-order valence-corrected chi connectivity index (χ3v) is 4.12. The molecule has 116 valence electrons. The molecular formula is C16H20N4O2. The number of carbonyl (C=O) groups excluding carboxylic acids is 1. The van der Waals surface area contributed by atoms with Gasteiger partial charge in [-0.1, -0.05) is 6.42 Å². The van der Waals surface area contributed by atoms with Crippen LogP contribution in [-0.2, 0) is 7.05 Å². The minimum atomic E-state index is 0.269. The number of aryl methyl sites for hydroxylation is 2. The van der Waals surface area contributed by atoms with Crippen molar-refractivity contribution in [2.24, 2.45) is 7.05 Å². The summed E-state index contributed by atoms with van der Waals surface area (Å²) in [4.78, 5) is 20.0. The molecule has 0 aromatic carbocycles. The molecule has 1 saturated carbocycles. The monoisotopic (exact) mass is 300 g/mol. The smallest absolute Gasteiger partial charge is 0.168 e.